The maximum atomic E-state index is 10.5. The molecule has 2 bridgehead atoms. The predicted octanol–water partition coefficient (Wildman–Crippen LogP) is 4.80. The van der Waals surface area contributed by atoms with Crippen molar-refractivity contribution in [1.82, 2.24) is 0 Å². The molecule has 4 atom stereocenters. The molecule has 3 heteroatoms. The van der Waals surface area contributed by atoms with E-state index in [-0.39, 0.29) is 6.10 Å². The smallest absolute Gasteiger partial charge is 0.0803 e. The Morgan fingerprint density at radius 3 is 2.83 bits per heavy atom. The van der Waals surface area contributed by atoms with E-state index in [1.807, 2.05) is 18.2 Å². The van der Waals surface area contributed by atoms with Crippen LogP contribution >= 0.6 is 34.2 Å². The molecule has 1 aromatic carbocycles. The minimum absolute atomic E-state index is 0.347. The molecule has 1 nitrogen and oxygen atoms in total. The van der Waals surface area contributed by atoms with E-state index >= 15 is 0 Å². The largest absolute Gasteiger partial charge is 0.388 e. The lowest BCUT2D eigenvalue weighted by atomic mass is 9.83. The molecule has 18 heavy (non-hydrogen) atoms. The van der Waals surface area contributed by atoms with Gasteiger partial charge in [-0.2, -0.15) is 0 Å². The molecular formula is C15H18ClIO. The van der Waals surface area contributed by atoms with Crippen LogP contribution in [0.2, 0.25) is 5.02 Å². The lowest BCUT2D eigenvalue weighted by molar-refractivity contribution is 0.125. The molecule has 0 aliphatic heterocycles. The van der Waals surface area contributed by atoms with Gasteiger partial charge in [-0.3, -0.25) is 0 Å². The number of aliphatic hydroxyl groups is 1. The van der Waals surface area contributed by atoms with Gasteiger partial charge in [-0.1, -0.05) is 18.0 Å². The van der Waals surface area contributed by atoms with Crippen molar-refractivity contribution >= 4 is 34.2 Å². The summed E-state index contributed by atoms with van der Waals surface area (Å²) in [5, 5.41) is 11.2. The van der Waals surface area contributed by atoms with E-state index in [1.165, 1.54) is 25.7 Å². The zero-order chi connectivity index (χ0) is 12.7. The lowest BCUT2D eigenvalue weighted by Gasteiger charge is -2.24. The van der Waals surface area contributed by atoms with Gasteiger partial charge in [0.05, 0.1) is 6.10 Å². The highest BCUT2D eigenvalue weighted by atomic mass is 127. The normalized spacial score (nSPS) is 31.8. The second-order valence-electron chi connectivity index (χ2n) is 5.85. The summed E-state index contributed by atoms with van der Waals surface area (Å²) in [7, 11) is 0. The zero-order valence-corrected chi connectivity index (χ0v) is 13.2. The van der Waals surface area contributed by atoms with Gasteiger partial charge >= 0.3 is 0 Å². The number of benzene rings is 1. The van der Waals surface area contributed by atoms with Crippen LogP contribution in [0.3, 0.4) is 0 Å². The molecule has 0 saturated heterocycles. The second-order valence-corrected chi connectivity index (χ2v) is 7.45. The van der Waals surface area contributed by atoms with Gasteiger partial charge < -0.3 is 5.11 Å². The summed E-state index contributed by atoms with van der Waals surface area (Å²) in [4.78, 5) is 0. The summed E-state index contributed by atoms with van der Waals surface area (Å²) < 4.78 is 1.12. The summed E-state index contributed by atoms with van der Waals surface area (Å²) in [5.74, 6) is 2.56. The lowest BCUT2D eigenvalue weighted by Crippen LogP contribution is -2.14. The van der Waals surface area contributed by atoms with Crippen LogP contribution < -0.4 is 0 Å². The first-order chi connectivity index (χ1) is 8.63. The topological polar surface area (TPSA) is 20.2 Å². The molecule has 2 aliphatic rings. The fraction of sp³-hybridized carbons (Fsp3) is 0.600. The molecule has 0 aromatic heterocycles. The van der Waals surface area contributed by atoms with Crippen molar-refractivity contribution in [3.05, 3.63) is 32.4 Å². The summed E-state index contributed by atoms with van der Waals surface area (Å²) in [6.07, 6.45) is 6.11. The summed E-state index contributed by atoms with van der Waals surface area (Å²) in [6.45, 7) is 0. The number of rotatable bonds is 3. The van der Waals surface area contributed by atoms with Crippen LogP contribution in [-0.2, 0) is 0 Å². The van der Waals surface area contributed by atoms with Gasteiger partial charge in [-0.05, 0) is 89.8 Å². The third-order valence-corrected chi connectivity index (χ3v) is 5.95. The minimum Gasteiger partial charge on any atom is -0.388 e. The van der Waals surface area contributed by atoms with Crippen LogP contribution in [0.15, 0.2) is 18.2 Å². The molecule has 0 heterocycles. The summed E-state index contributed by atoms with van der Waals surface area (Å²) in [6, 6.07) is 5.79. The molecule has 2 saturated carbocycles. The van der Waals surface area contributed by atoms with Crippen molar-refractivity contribution in [3.8, 4) is 0 Å². The Kier molecular flexibility index (Phi) is 3.88. The van der Waals surface area contributed by atoms with Crippen molar-refractivity contribution in [1.29, 1.82) is 0 Å². The highest BCUT2D eigenvalue weighted by molar-refractivity contribution is 14.1. The van der Waals surface area contributed by atoms with Gasteiger partial charge in [0.1, 0.15) is 0 Å². The Morgan fingerprint density at radius 2 is 2.17 bits per heavy atom. The molecule has 0 amide bonds. The monoisotopic (exact) mass is 376 g/mol. The molecule has 1 N–H and O–H groups in total. The maximum Gasteiger partial charge on any atom is 0.0803 e. The number of hydrogen-bond acceptors (Lipinski definition) is 1. The Bertz CT molecular complexity index is 448. The average molecular weight is 377 g/mol. The van der Waals surface area contributed by atoms with Crippen LogP contribution in [-0.4, -0.2) is 5.11 Å². The molecule has 3 rings (SSSR count). The van der Waals surface area contributed by atoms with E-state index in [2.05, 4.69) is 22.6 Å². The first kappa shape index (κ1) is 13.2. The van der Waals surface area contributed by atoms with Crippen molar-refractivity contribution < 1.29 is 5.11 Å². The van der Waals surface area contributed by atoms with E-state index in [9.17, 15) is 5.11 Å². The standard InChI is InChI=1S/C15H18ClIO/c16-12-3-4-14(17)13(8-12)15(18)7-11-6-9-1-2-10(11)5-9/h3-4,8-11,15,18H,1-2,5-7H2. The van der Waals surface area contributed by atoms with E-state index in [0.29, 0.717) is 0 Å². The van der Waals surface area contributed by atoms with Crippen LogP contribution in [0.1, 0.15) is 43.8 Å². The van der Waals surface area contributed by atoms with Crippen molar-refractivity contribution in [3.63, 3.8) is 0 Å². The Balaban J connectivity index is 1.71. The fourth-order valence-corrected chi connectivity index (χ4v) is 4.72. The molecule has 2 fully saturated rings. The molecule has 0 radical (unpaired) electrons. The molecular weight excluding hydrogens is 359 g/mol. The summed E-state index contributed by atoms with van der Waals surface area (Å²) in [5.41, 5.74) is 1.01. The van der Waals surface area contributed by atoms with Crippen molar-refractivity contribution in [2.45, 2.75) is 38.2 Å². The molecule has 1 aromatic rings. The molecule has 0 spiro atoms. The van der Waals surface area contributed by atoms with Crippen molar-refractivity contribution in [2.24, 2.45) is 17.8 Å². The number of hydrogen-bond donors (Lipinski definition) is 1. The van der Waals surface area contributed by atoms with Gasteiger partial charge in [0.25, 0.3) is 0 Å². The first-order valence-corrected chi connectivity index (χ1v) is 8.22. The zero-order valence-electron chi connectivity index (χ0n) is 10.3. The summed E-state index contributed by atoms with van der Waals surface area (Å²) >= 11 is 8.31. The fourth-order valence-electron chi connectivity index (χ4n) is 3.85. The number of aliphatic hydroxyl groups excluding tert-OH is 1. The number of fused-ring (bicyclic) bond motifs is 2. The molecule has 2 aliphatic carbocycles. The minimum atomic E-state index is -0.347. The predicted molar refractivity (Wildman–Crippen MR) is 82.7 cm³/mol. The highest BCUT2D eigenvalue weighted by Gasteiger charge is 2.40. The van der Waals surface area contributed by atoms with Crippen molar-refractivity contribution in [2.75, 3.05) is 0 Å². The van der Waals surface area contributed by atoms with E-state index < -0.39 is 0 Å². The van der Waals surface area contributed by atoms with Gasteiger partial charge in [0.2, 0.25) is 0 Å². The maximum absolute atomic E-state index is 10.5. The van der Waals surface area contributed by atoms with Gasteiger partial charge in [-0.25, -0.2) is 0 Å². The Labute approximate surface area is 127 Å². The Morgan fingerprint density at radius 1 is 1.33 bits per heavy atom. The highest BCUT2D eigenvalue weighted by Crippen LogP contribution is 2.51. The number of halogens is 2. The van der Waals surface area contributed by atoms with E-state index in [4.69, 9.17) is 11.6 Å². The van der Waals surface area contributed by atoms with Gasteiger partial charge in [0, 0.05) is 8.59 Å². The van der Waals surface area contributed by atoms with Crippen LogP contribution in [0, 0.1) is 21.3 Å². The second kappa shape index (κ2) is 5.29. The van der Waals surface area contributed by atoms with Crippen LogP contribution in [0.25, 0.3) is 0 Å². The quantitative estimate of drug-likeness (QED) is 0.751. The molecule has 4 unspecified atom stereocenters. The van der Waals surface area contributed by atoms with Gasteiger partial charge in [-0.15, -0.1) is 0 Å². The SMILES string of the molecule is OC(CC1CC2CCC1C2)c1cc(Cl)ccc1I. The third-order valence-electron chi connectivity index (χ3n) is 4.73. The van der Waals surface area contributed by atoms with Crippen LogP contribution in [0.4, 0.5) is 0 Å². The van der Waals surface area contributed by atoms with E-state index in [1.54, 1.807) is 0 Å². The average Bonchev–Trinajstić information content (AvgIpc) is 2.94. The molecule has 98 valence electrons. The first-order valence-electron chi connectivity index (χ1n) is 6.76. The van der Waals surface area contributed by atoms with E-state index in [0.717, 1.165) is 38.3 Å². The Hall–Kier alpha value is 0.200. The van der Waals surface area contributed by atoms with Crippen LogP contribution in [0.5, 0.6) is 0 Å². The van der Waals surface area contributed by atoms with Gasteiger partial charge in [0.15, 0.2) is 0 Å². The third kappa shape index (κ3) is 2.56.